The van der Waals surface area contributed by atoms with Crippen LogP contribution in [0.5, 0.6) is 0 Å². The van der Waals surface area contributed by atoms with Crippen molar-refractivity contribution in [3.63, 3.8) is 0 Å². The van der Waals surface area contributed by atoms with Crippen molar-refractivity contribution in [1.29, 1.82) is 0 Å². The summed E-state index contributed by atoms with van der Waals surface area (Å²) in [6, 6.07) is 0. The average Bonchev–Trinajstić information content (AvgIpc) is 1.61. The van der Waals surface area contributed by atoms with Gasteiger partial charge in [-0.05, 0) is 19.1 Å². The fourth-order valence-corrected chi connectivity index (χ4v) is 0.222. The first kappa shape index (κ1) is 7.33. The summed E-state index contributed by atoms with van der Waals surface area (Å²) in [6.45, 7) is 1.33. The molecule has 0 spiro atoms. The summed E-state index contributed by atoms with van der Waals surface area (Å²) in [4.78, 5) is 10.0. The van der Waals surface area contributed by atoms with Crippen LogP contribution in [0.4, 0.5) is 0 Å². The van der Waals surface area contributed by atoms with Crippen molar-refractivity contribution in [2.24, 2.45) is 0 Å². The predicted molar refractivity (Wildman–Crippen MR) is 28.0 cm³/mol. The summed E-state index contributed by atoms with van der Waals surface area (Å²) in [5.41, 5.74) is 0. The topological polar surface area (TPSA) is 57.5 Å². The molecule has 0 amide bonds. The third-order valence-corrected chi connectivity index (χ3v) is 0.503. The Morgan fingerprint density at radius 2 is 2.12 bits per heavy atom. The number of allylic oxidation sites excluding steroid dienone is 1. The lowest BCUT2D eigenvalue weighted by atomic mass is 10.4. The third-order valence-electron chi connectivity index (χ3n) is 0.503. The summed E-state index contributed by atoms with van der Waals surface area (Å²) in [5, 5.41) is 16.2. The average molecular weight is 116 g/mol. The second-order valence-electron chi connectivity index (χ2n) is 1.38. The number of hydrogen-bond acceptors (Lipinski definition) is 3. The Morgan fingerprint density at radius 3 is 2.25 bits per heavy atom. The van der Waals surface area contributed by atoms with Crippen molar-refractivity contribution < 1.29 is 15.0 Å². The molecule has 0 aromatic rings. The highest BCUT2D eigenvalue weighted by molar-refractivity contribution is 5.87. The Kier molecular flexibility index (Phi) is 3.07. The Hall–Kier alpha value is -0.670. The summed E-state index contributed by atoms with van der Waals surface area (Å²) < 4.78 is 0. The van der Waals surface area contributed by atoms with Crippen LogP contribution in [0.3, 0.4) is 0 Å². The third kappa shape index (κ3) is 5.33. The van der Waals surface area contributed by atoms with E-state index in [0.29, 0.717) is 0 Å². The van der Waals surface area contributed by atoms with Crippen molar-refractivity contribution >= 4 is 5.78 Å². The van der Waals surface area contributed by atoms with Crippen LogP contribution in [0.15, 0.2) is 12.2 Å². The number of ketones is 1. The van der Waals surface area contributed by atoms with Gasteiger partial charge in [-0.3, -0.25) is 4.79 Å². The number of carbonyl (C=O) groups is 1. The van der Waals surface area contributed by atoms with Gasteiger partial charge < -0.3 is 10.2 Å². The van der Waals surface area contributed by atoms with Crippen molar-refractivity contribution in [1.82, 2.24) is 0 Å². The minimum Gasteiger partial charge on any atom is -0.365 e. The molecule has 0 heterocycles. The second kappa shape index (κ2) is 3.35. The summed E-state index contributed by atoms with van der Waals surface area (Å²) in [6.07, 6.45) is 0.589. The van der Waals surface area contributed by atoms with E-state index in [1.807, 2.05) is 0 Å². The van der Waals surface area contributed by atoms with Gasteiger partial charge in [0.15, 0.2) is 12.1 Å². The molecular weight excluding hydrogens is 108 g/mol. The van der Waals surface area contributed by atoms with Gasteiger partial charge in [0.1, 0.15) is 0 Å². The maximum Gasteiger partial charge on any atom is 0.171 e. The largest absolute Gasteiger partial charge is 0.365 e. The smallest absolute Gasteiger partial charge is 0.171 e. The van der Waals surface area contributed by atoms with E-state index in [1.54, 1.807) is 0 Å². The van der Waals surface area contributed by atoms with Crippen LogP contribution in [0.2, 0.25) is 0 Å². The Labute approximate surface area is 47.3 Å². The molecule has 0 rings (SSSR count). The molecule has 2 N–H and O–H groups in total. The highest BCUT2D eigenvalue weighted by Gasteiger charge is 1.86. The molecule has 0 aromatic carbocycles. The van der Waals surface area contributed by atoms with E-state index in [4.69, 9.17) is 10.2 Å². The number of carbonyl (C=O) groups excluding carboxylic acids is 1. The Bertz CT molecular complexity index is 104. The zero-order valence-corrected chi connectivity index (χ0v) is 4.53. The van der Waals surface area contributed by atoms with E-state index in [1.165, 1.54) is 6.92 Å². The molecular formula is C5H8O3. The fourth-order valence-electron chi connectivity index (χ4n) is 0.222. The van der Waals surface area contributed by atoms with Crippen LogP contribution < -0.4 is 0 Å². The van der Waals surface area contributed by atoms with E-state index in [-0.39, 0.29) is 5.78 Å². The first-order valence-corrected chi connectivity index (χ1v) is 2.18. The fraction of sp³-hybridized carbons (Fsp3) is 0.400. The lowest BCUT2D eigenvalue weighted by molar-refractivity contribution is -0.112. The maximum atomic E-state index is 10.0. The molecule has 0 aromatic heterocycles. The van der Waals surface area contributed by atoms with E-state index in [0.717, 1.165) is 12.2 Å². The maximum absolute atomic E-state index is 10.0. The molecule has 0 aliphatic rings. The molecule has 3 nitrogen and oxygen atoms in total. The lowest BCUT2D eigenvalue weighted by Crippen LogP contribution is -1.98. The van der Waals surface area contributed by atoms with E-state index in [2.05, 4.69) is 0 Å². The van der Waals surface area contributed by atoms with Gasteiger partial charge in [0.05, 0.1) is 0 Å². The van der Waals surface area contributed by atoms with Crippen LogP contribution in [-0.4, -0.2) is 22.3 Å². The molecule has 0 aliphatic heterocycles. The number of hydrogen-bond donors (Lipinski definition) is 2. The molecule has 0 atom stereocenters. The normalized spacial score (nSPS) is 11.0. The highest BCUT2D eigenvalue weighted by Crippen LogP contribution is 1.78. The zero-order chi connectivity index (χ0) is 6.57. The molecule has 0 radical (unpaired) electrons. The van der Waals surface area contributed by atoms with Crippen LogP contribution in [0.25, 0.3) is 0 Å². The molecule has 3 heteroatoms. The minimum atomic E-state index is -1.51. The second-order valence-corrected chi connectivity index (χ2v) is 1.38. The van der Waals surface area contributed by atoms with Crippen molar-refractivity contribution in [2.45, 2.75) is 13.2 Å². The molecule has 0 unspecified atom stereocenters. The van der Waals surface area contributed by atoms with Gasteiger partial charge in [-0.1, -0.05) is 0 Å². The molecule has 46 valence electrons. The van der Waals surface area contributed by atoms with Crippen LogP contribution in [0, 0.1) is 0 Å². The van der Waals surface area contributed by atoms with Gasteiger partial charge in [0.2, 0.25) is 0 Å². The quantitative estimate of drug-likeness (QED) is 0.375. The Balaban J connectivity index is 3.50. The lowest BCUT2D eigenvalue weighted by Gasteiger charge is -1.88. The Morgan fingerprint density at radius 1 is 1.62 bits per heavy atom. The monoisotopic (exact) mass is 116 g/mol. The van der Waals surface area contributed by atoms with Crippen molar-refractivity contribution in [3.05, 3.63) is 12.2 Å². The molecule has 0 aliphatic carbocycles. The van der Waals surface area contributed by atoms with Gasteiger partial charge in [-0.15, -0.1) is 0 Å². The van der Waals surface area contributed by atoms with Gasteiger partial charge in [-0.25, -0.2) is 0 Å². The predicted octanol–water partition coefficient (Wildman–Crippen LogP) is -0.558. The molecule has 0 fully saturated rings. The molecule has 0 saturated heterocycles. The highest BCUT2D eigenvalue weighted by atomic mass is 16.5. The van der Waals surface area contributed by atoms with E-state index < -0.39 is 6.29 Å². The van der Waals surface area contributed by atoms with Crippen LogP contribution in [0.1, 0.15) is 6.92 Å². The van der Waals surface area contributed by atoms with Crippen molar-refractivity contribution in [2.75, 3.05) is 0 Å². The van der Waals surface area contributed by atoms with E-state index >= 15 is 0 Å². The minimum absolute atomic E-state index is 0.196. The zero-order valence-electron chi connectivity index (χ0n) is 4.53. The first-order valence-electron chi connectivity index (χ1n) is 2.18. The number of aliphatic hydroxyl groups is 2. The van der Waals surface area contributed by atoms with Gasteiger partial charge in [-0.2, -0.15) is 0 Å². The molecule has 0 saturated carbocycles. The molecule has 0 bridgehead atoms. The molecule has 8 heavy (non-hydrogen) atoms. The van der Waals surface area contributed by atoms with Crippen LogP contribution >= 0.6 is 0 Å². The first-order chi connectivity index (χ1) is 3.63. The summed E-state index contributed by atoms with van der Waals surface area (Å²) >= 11 is 0. The van der Waals surface area contributed by atoms with Gasteiger partial charge in [0.25, 0.3) is 0 Å². The number of rotatable bonds is 2. The van der Waals surface area contributed by atoms with E-state index in [9.17, 15) is 4.79 Å². The SMILES string of the molecule is CC(=O)/C=C\C(O)O. The summed E-state index contributed by atoms with van der Waals surface area (Å²) in [5.74, 6) is -0.196. The van der Waals surface area contributed by atoms with Gasteiger partial charge in [0, 0.05) is 0 Å². The van der Waals surface area contributed by atoms with Gasteiger partial charge >= 0.3 is 0 Å². The summed E-state index contributed by atoms with van der Waals surface area (Å²) in [7, 11) is 0. The van der Waals surface area contributed by atoms with Crippen LogP contribution in [-0.2, 0) is 4.79 Å². The standard InChI is InChI=1S/C5H8O3/c1-4(6)2-3-5(7)8/h2-3,5,7-8H,1H3/b3-2-. The number of aliphatic hydroxyl groups excluding tert-OH is 1. The van der Waals surface area contributed by atoms with Crippen molar-refractivity contribution in [3.8, 4) is 0 Å².